The number of ether oxygens (including phenoxy) is 1. The minimum Gasteiger partial charge on any atom is -0.348 e. The van der Waals surface area contributed by atoms with Crippen molar-refractivity contribution in [3.8, 4) is 11.8 Å². The predicted molar refractivity (Wildman–Crippen MR) is 116 cm³/mol. The highest BCUT2D eigenvalue weighted by Crippen LogP contribution is 2.45. The molecule has 1 nitrogen and oxygen atoms in total. The second-order valence-electron chi connectivity index (χ2n) is 7.14. The molecule has 4 rings (SSSR count). The SMILES string of the molecule is CC1OC1(C#CC(C/C=C/c1ccccc1)c1ccccc1)c1ccccc1. The van der Waals surface area contributed by atoms with E-state index in [9.17, 15) is 0 Å². The highest BCUT2D eigenvalue weighted by molar-refractivity contribution is 5.49. The summed E-state index contributed by atoms with van der Waals surface area (Å²) in [6.45, 7) is 2.09. The fourth-order valence-electron chi connectivity index (χ4n) is 3.50. The van der Waals surface area contributed by atoms with E-state index in [4.69, 9.17) is 4.74 Å². The Balaban J connectivity index is 1.59. The first-order valence-corrected chi connectivity index (χ1v) is 9.80. The fourth-order valence-corrected chi connectivity index (χ4v) is 3.50. The monoisotopic (exact) mass is 364 g/mol. The molecule has 1 heterocycles. The summed E-state index contributed by atoms with van der Waals surface area (Å²) in [5.41, 5.74) is 3.13. The van der Waals surface area contributed by atoms with Crippen LogP contribution in [0, 0.1) is 11.8 Å². The van der Waals surface area contributed by atoms with Crippen LogP contribution in [0.4, 0.5) is 0 Å². The minimum absolute atomic E-state index is 0.124. The van der Waals surface area contributed by atoms with Gasteiger partial charge in [0.2, 0.25) is 0 Å². The lowest BCUT2D eigenvalue weighted by molar-refractivity contribution is 0.345. The van der Waals surface area contributed by atoms with Gasteiger partial charge in [-0.3, -0.25) is 0 Å². The lowest BCUT2D eigenvalue weighted by atomic mass is 9.92. The molecule has 0 N–H and O–H groups in total. The summed E-state index contributed by atoms with van der Waals surface area (Å²) in [6, 6.07) is 31.2. The summed E-state index contributed by atoms with van der Waals surface area (Å²) in [6.07, 6.45) is 5.37. The normalized spacial score (nSPS) is 21.7. The van der Waals surface area contributed by atoms with E-state index in [1.165, 1.54) is 11.1 Å². The lowest BCUT2D eigenvalue weighted by Crippen LogP contribution is -2.09. The van der Waals surface area contributed by atoms with Crippen LogP contribution in [0.15, 0.2) is 97.1 Å². The largest absolute Gasteiger partial charge is 0.348 e. The van der Waals surface area contributed by atoms with Crippen molar-refractivity contribution < 1.29 is 4.74 Å². The van der Waals surface area contributed by atoms with Crippen LogP contribution in [0.2, 0.25) is 0 Å². The van der Waals surface area contributed by atoms with Crippen LogP contribution in [0.1, 0.15) is 36.0 Å². The summed E-state index contributed by atoms with van der Waals surface area (Å²) in [5.74, 6) is 7.14. The second-order valence-corrected chi connectivity index (χ2v) is 7.14. The molecule has 1 saturated heterocycles. The topological polar surface area (TPSA) is 12.5 Å². The van der Waals surface area contributed by atoms with Crippen molar-refractivity contribution in [2.24, 2.45) is 0 Å². The Bertz CT molecular complexity index is 980. The van der Waals surface area contributed by atoms with Gasteiger partial charge in [-0.2, -0.15) is 0 Å². The molecule has 0 aliphatic carbocycles. The molecule has 1 aliphatic heterocycles. The van der Waals surface area contributed by atoms with Crippen LogP contribution in [0.3, 0.4) is 0 Å². The number of benzene rings is 3. The molecule has 0 spiro atoms. The van der Waals surface area contributed by atoms with Crippen molar-refractivity contribution in [3.05, 3.63) is 114 Å². The zero-order chi connectivity index (χ0) is 19.2. The zero-order valence-electron chi connectivity index (χ0n) is 16.1. The maximum Gasteiger partial charge on any atom is 0.180 e. The average molecular weight is 364 g/mol. The molecule has 3 unspecified atom stereocenters. The van der Waals surface area contributed by atoms with E-state index in [0.29, 0.717) is 0 Å². The van der Waals surface area contributed by atoms with Crippen LogP contribution in [0.5, 0.6) is 0 Å². The fraction of sp³-hybridized carbons (Fsp3) is 0.185. The van der Waals surface area contributed by atoms with Gasteiger partial charge in [-0.05, 0) is 30.0 Å². The van der Waals surface area contributed by atoms with Crippen LogP contribution in [0.25, 0.3) is 6.08 Å². The van der Waals surface area contributed by atoms with Gasteiger partial charge in [0.05, 0.1) is 0 Å². The van der Waals surface area contributed by atoms with Crippen LogP contribution >= 0.6 is 0 Å². The van der Waals surface area contributed by atoms with Gasteiger partial charge in [0.25, 0.3) is 0 Å². The van der Waals surface area contributed by atoms with Gasteiger partial charge in [0.15, 0.2) is 5.60 Å². The molecule has 0 aromatic heterocycles. The molecule has 0 saturated carbocycles. The molecule has 3 aromatic carbocycles. The average Bonchev–Trinajstić information content (AvgIpc) is 3.43. The van der Waals surface area contributed by atoms with E-state index in [0.717, 1.165) is 12.0 Å². The van der Waals surface area contributed by atoms with E-state index in [1.807, 2.05) is 30.3 Å². The van der Waals surface area contributed by atoms with Gasteiger partial charge >= 0.3 is 0 Å². The molecular formula is C27H24O. The number of rotatable bonds is 5. The summed E-state index contributed by atoms with van der Waals surface area (Å²) >= 11 is 0. The van der Waals surface area contributed by atoms with Crippen LogP contribution < -0.4 is 0 Å². The number of allylic oxidation sites excluding steroid dienone is 1. The molecule has 0 amide bonds. The maximum atomic E-state index is 5.96. The minimum atomic E-state index is -0.461. The van der Waals surface area contributed by atoms with Crippen LogP contribution in [-0.4, -0.2) is 6.10 Å². The summed E-state index contributed by atoms with van der Waals surface area (Å²) in [7, 11) is 0. The molecule has 0 bridgehead atoms. The smallest absolute Gasteiger partial charge is 0.180 e. The van der Waals surface area contributed by atoms with Gasteiger partial charge in [0.1, 0.15) is 6.10 Å². The van der Waals surface area contributed by atoms with Gasteiger partial charge in [-0.15, -0.1) is 0 Å². The Labute approximate surface area is 167 Å². The van der Waals surface area contributed by atoms with Crippen LogP contribution in [-0.2, 0) is 10.3 Å². The van der Waals surface area contributed by atoms with E-state index >= 15 is 0 Å². The molecule has 3 atom stereocenters. The maximum absolute atomic E-state index is 5.96. The highest BCUT2D eigenvalue weighted by Gasteiger charge is 2.53. The second kappa shape index (κ2) is 8.30. The van der Waals surface area contributed by atoms with Crippen molar-refractivity contribution in [1.29, 1.82) is 0 Å². The Morgan fingerprint density at radius 3 is 2.07 bits per heavy atom. The van der Waals surface area contributed by atoms with E-state index in [2.05, 4.69) is 91.6 Å². The first kappa shape index (κ1) is 18.3. The quantitative estimate of drug-likeness (QED) is 0.388. The molecule has 28 heavy (non-hydrogen) atoms. The Kier molecular flexibility index (Phi) is 5.42. The van der Waals surface area contributed by atoms with Crippen molar-refractivity contribution in [1.82, 2.24) is 0 Å². The molecule has 0 radical (unpaired) electrons. The van der Waals surface area contributed by atoms with Crippen molar-refractivity contribution in [2.75, 3.05) is 0 Å². The molecule has 138 valence electrons. The third-order valence-electron chi connectivity index (χ3n) is 5.20. The van der Waals surface area contributed by atoms with Gasteiger partial charge < -0.3 is 4.74 Å². The van der Waals surface area contributed by atoms with Gasteiger partial charge in [-0.1, -0.05) is 115 Å². The first-order valence-electron chi connectivity index (χ1n) is 9.80. The summed E-state index contributed by atoms with van der Waals surface area (Å²) in [4.78, 5) is 0. The molecule has 1 aliphatic rings. The predicted octanol–water partition coefficient (Wildman–Crippen LogP) is 6.19. The first-order chi connectivity index (χ1) is 13.8. The molecule has 1 fully saturated rings. The summed E-state index contributed by atoms with van der Waals surface area (Å²) in [5, 5.41) is 0. The third-order valence-corrected chi connectivity index (χ3v) is 5.20. The molecule has 3 aromatic rings. The number of epoxide rings is 1. The summed E-state index contributed by atoms with van der Waals surface area (Å²) < 4.78 is 5.96. The number of hydrogen-bond donors (Lipinski definition) is 0. The molecular weight excluding hydrogens is 340 g/mol. The van der Waals surface area contributed by atoms with Gasteiger partial charge in [-0.25, -0.2) is 0 Å². The Morgan fingerprint density at radius 1 is 0.893 bits per heavy atom. The van der Waals surface area contributed by atoms with E-state index in [-0.39, 0.29) is 12.0 Å². The zero-order valence-corrected chi connectivity index (χ0v) is 16.1. The third kappa shape index (κ3) is 4.09. The standard InChI is InChI=1S/C27H24O/c1-22-27(28-22,26-18-9-4-10-19-26)21-20-25(24-15-7-3-8-16-24)17-11-14-23-12-5-2-6-13-23/h2-16,18-19,22,25H,17H2,1H3/b14-11+. The Hall–Kier alpha value is -3.08. The lowest BCUT2D eigenvalue weighted by Gasteiger charge is -2.10. The van der Waals surface area contributed by atoms with Crippen molar-refractivity contribution in [3.63, 3.8) is 0 Å². The van der Waals surface area contributed by atoms with E-state index < -0.39 is 5.60 Å². The van der Waals surface area contributed by atoms with E-state index in [1.54, 1.807) is 0 Å². The van der Waals surface area contributed by atoms with Crippen molar-refractivity contribution in [2.45, 2.75) is 31.0 Å². The van der Waals surface area contributed by atoms with Crippen molar-refractivity contribution >= 4 is 6.08 Å². The van der Waals surface area contributed by atoms with Gasteiger partial charge in [0, 0.05) is 5.92 Å². The Morgan fingerprint density at radius 2 is 1.46 bits per heavy atom. The molecule has 1 heteroatoms. The highest BCUT2D eigenvalue weighted by atomic mass is 16.6. The number of hydrogen-bond acceptors (Lipinski definition) is 1.